The molecule has 2 nitrogen and oxygen atoms in total. The fourth-order valence-electron chi connectivity index (χ4n) is 1.84. The fourth-order valence-corrected chi connectivity index (χ4v) is 2.97. The van der Waals surface area contributed by atoms with Crippen LogP contribution in [0.3, 0.4) is 0 Å². The third kappa shape index (κ3) is 3.51. The van der Waals surface area contributed by atoms with E-state index in [0.717, 1.165) is 19.8 Å². The Hall–Kier alpha value is -0.510. The average molecular weight is 237 g/mol. The normalized spacial score (nSPS) is 21.4. The topological polar surface area (TPSA) is 12.5 Å². The Balaban J connectivity index is 1.65. The van der Waals surface area contributed by atoms with E-state index in [1.54, 1.807) is 0 Å². The molecule has 1 unspecified atom stereocenters. The number of ether oxygens (including phenoxy) is 1. The Labute approximate surface area is 102 Å². The maximum Gasteiger partial charge on any atom is 0.0717 e. The molecule has 0 amide bonds. The minimum absolute atomic E-state index is 0.702. The summed E-state index contributed by atoms with van der Waals surface area (Å²) in [7, 11) is 0. The average Bonchev–Trinajstić information content (AvgIpc) is 2.78. The predicted octanol–water partition coefficient (Wildman–Crippen LogP) is 2.80. The van der Waals surface area contributed by atoms with Gasteiger partial charge in [0.1, 0.15) is 0 Å². The summed E-state index contributed by atoms with van der Waals surface area (Å²) in [4.78, 5) is 0. The molecule has 0 spiro atoms. The maximum absolute atomic E-state index is 5.76. The summed E-state index contributed by atoms with van der Waals surface area (Å²) in [6.45, 7) is 6.16. The summed E-state index contributed by atoms with van der Waals surface area (Å²) >= 11 is 1.95. The Morgan fingerprint density at radius 3 is 2.88 bits per heavy atom. The lowest BCUT2D eigenvalue weighted by molar-refractivity contribution is 0.0919. The molecule has 88 valence electrons. The first kappa shape index (κ1) is 12.0. The lowest BCUT2D eigenvalue weighted by atomic mass is 10.2. The van der Waals surface area contributed by atoms with Crippen LogP contribution in [-0.4, -0.2) is 29.8 Å². The molecule has 1 saturated heterocycles. The molecule has 0 N–H and O–H groups in total. The van der Waals surface area contributed by atoms with Crippen molar-refractivity contribution in [1.82, 2.24) is 4.31 Å². The maximum atomic E-state index is 5.76. The third-order valence-corrected chi connectivity index (χ3v) is 4.17. The number of nitrogens with zero attached hydrogens (tertiary/aromatic N) is 1. The first-order valence-corrected chi connectivity index (χ1v) is 6.82. The smallest absolute Gasteiger partial charge is 0.0717 e. The summed E-state index contributed by atoms with van der Waals surface area (Å²) in [5, 5.41) is 0. The number of hydrogen-bond acceptors (Lipinski definition) is 3. The van der Waals surface area contributed by atoms with Crippen LogP contribution >= 0.6 is 11.9 Å². The third-order valence-electron chi connectivity index (χ3n) is 2.77. The second kappa shape index (κ2) is 6.28. The summed E-state index contributed by atoms with van der Waals surface area (Å²) in [5.41, 5.74) is 1.26. The van der Waals surface area contributed by atoms with Gasteiger partial charge in [-0.15, -0.1) is 0 Å². The highest BCUT2D eigenvalue weighted by Gasteiger charge is 2.21. The van der Waals surface area contributed by atoms with Gasteiger partial charge in [0, 0.05) is 24.8 Å². The lowest BCUT2D eigenvalue weighted by Gasteiger charge is -2.11. The zero-order valence-corrected chi connectivity index (χ0v) is 10.6. The van der Waals surface area contributed by atoms with Gasteiger partial charge in [0.25, 0.3) is 0 Å². The van der Waals surface area contributed by atoms with Crippen LogP contribution in [0.2, 0.25) is 0 Å². The van der Waals surface area contributed by atoms with E-state index in [1.807, 2.05) is 18.0 Å². The van der Waals surface area contributed by atoms with Gasteiger partial charge in [-0.25, -0.2) is 0 Å². The van der Waals surface area contributed by atoms with E-state index in [0.29, 0.717) is 5.92 Å². The van der Waals surface area contributed by atoms with E-state index < -0.39 is 0 Å². The zero-order chi connectivity index (χ0) is 11.2. The van der Waals surface area contributed by atoms with Crippen molar-refractivity contribution < 1.29 is 4.74 Å². The van der Waals surface area contributed by atoms with Gasteiger partial charge >= 0.3 is 0 Å². The van der Waals surface area contributed by atoms with Crippen LogP contribution in [0.25, 0.3) is 0 Å². The molecule has 1 aliphatic heterocycles. The van der Waals surface area contributed by atoms with Gasteiger partial charge in [-0.2, -0.15) is 0 Å². The van der Waals surface area contributed by atoms with Gasteiger partial charge < -0.3 is 4.74 Å². The second-order valence-electron chi connectivity index (χ2n) is 4.14. The van der Waals surface area contributed by atoms with E-state index >= 15 is 0 Å². The van der Waals surface area contributed by atoms with Crippen molar-refractivity contribution in [2.75, 3.05) is 25.4 Å². The Morgan fingerprint density at radius 1 is 1.38 bits per heavy atom. The van der Waals surface area contributed by atoms with Gasteiger partial charge in [0.2, 0.25) is 0 Å². The van der Waals surface area contributed by atoms with Crippen molar-refractivity contribution in [1.29, 1.82) is 0 Å². The minimum atomic E-state index is 0.702. The SMILES string of the molecule is CCN1CC(COCc2ccccc2)CS1. The molecule has 1 atom stereocenters. The highest BCUT2D eigenvalue weighted by Crippen LogP contribution is 2.24. The molecule has 1 aromatic carbocycles. The highest BCUT2D eigenvalue weighted by atomic mass is 32.2. The molecule has 3 heteroatoms. The van der Waals surface area contributed by atoms with Gasteiger partial charge in [-0.1, -0.05) is 49.2 Å². The molecule has 0 bridgehead atoms. The monoisotopic (exact) mass is 237 g/mol. The Kier molecular flexibility index (Phi) is 4.69. The van der Waals surface area contributed by atoms with Crippen LogP contribution in [0, 0.1) is 5.92 Å². The van der Waals surface area contributed by atoms with Crippen LogP contribution < -0.4 is 0 Å². The molecular formula is C13H19NOS. The van der Waals surface area contributed by atoms with Crippen LogP contribution in [0.15, 0.2) is 30.3 Å². The van der Waals surface area contributed by atoms with Gasteiger partial charge in [-0.3, -0.25) is 4.31 Å². The van der Waals surface area contributed by atoms with Crippen molar-refractivity contribution >= 4 is 11.9 Å². The summed E-state index contributed by atoms with van der Waals surface area (Å²) in [5.74, 6) is 1.91. The molecule has 2 rings (SSSR count). The van der Waals surface area contributed by atoms with Crippen LogP contribution in [-0.2, 0) is 11.3 Å². The van der Waals surface area contributed by atoms with E-state index in [1.165, 1.54) is 17.9 Å². The Bertz CT molecular complexity index is 304. The quantitative estimate of drug-likeness (QED) is 0.731. The van der Waals surface area contributed by atoms with Crippen LogP contribution in [0.4, 0.5) is 0 Å². The number of rotatable bonds is 5. The van der Waals surface area contributed by atoms with Crippen LogP contribution in [0.5, 0.6) is 0 Å². The number of benzene rings is 1. The second-order valence-corrected chi connectivity index (χ2v) is 5.25. The first-order valence-electron chi connectivity index (χ1n) is 5.88. The van der Waals surface area contributed by atoms with Gasteiger partial charge in [-0.05, 0) is 5.56 Å². The van der Waals surface area contributed by atoms with Crippen molar-refractivity contribution in [2.24, 2.45) is 5.92 Å². The largest absolute Gasteiger partial charge is 0.376 e. The molecule has 1 fully saturated rings. The highest BCUT2D eigenvalue weighted by molar-refractivity contribution is 7.97. The van der Waals surface area contributed by atoms with E-state index in [2.05, 4.69) is 35.5 Å². The Morgan fingerprint density at radius 2 is 2.19 bits per heavy atom. The molecule has 1 aromatic rings. The summed E-state index contributed by atoms with van der Waals surface area (Å²) < 4.78 is 8.17. The summed E-state index contributed by atoms with van der Waals surface area (Å²) in [6.07, 6.45) is 0. The molecule has 1 aliphatic rings. The fraction of sp³-hybridized carbons (Fsp3) is 0.538. The van der Waals surface area contributed by atoms with E-state index in [4.69, 9.17) is 4.74 Å². The summed E-state index contributed by atoms with van der Waals surface area (Å²) in [6, 6.07) is 10.4. The molecule has 16 heavy (non-hydrogen) atoms. The van der Waals surface area contributed by atoms with Crippen molar-refractivity contribution in [3.05, 3.63) is 35.9 Å². The van der Waals surface area contributed by atoms with E-state index in [-0.39, 0.29) is 0 Å². The first-order chi connectivity index (χ1) is 7.88. The standard InChI is InChI=1S/C13H19NOS/c1-2-14-8-13(11-16-14)10-15-9-12-6-4-3-5-7-12/h3-7,13H,2,8-11H2,1H3. The van der Waals surface area contributed by atoms with Crippen molar-refractivity contribution in [2.45, 2.75) is 13.5 Å². The molecule has 0 aliphatic carbocycles. The van der Waals surface area contributed by atoms with Crippen LogP contribution in [0.1, 0.15) is 12.5 Å². The van der Waals surface area contributed by atoms with Gasteiger partial charge in [0.05, 0.1) is 13.2 Å². The van der Waals surface area contributed by atoms with Crippen molar-refractivity contribution in [3.63, 3.8) is 0 Å². The molecular weight excluding hydrogens is 218 g/mol. The predicted molar refractivity (Wildman–Crippen MR) is 69.3 cm³/mol. The molecule has 0 aromatic heterocycles. The molecule has 0 radical (unpaired) electrons. The van der Waals surface area contributed by atoms with Gasteiger partial charge in [0.15, 0.2) is 0 Å². The number of hydrogen-bond donors (Lipinski definition) is 0. The van der Waals surface area contributed by atoms with E-state index in [9.17, 15) is 0 Å². The lowest BCUT2D eigenvalue weighted by Crippen LogP contribution is -2.18. The minimum Gasteiger partial charge on any atom is -0.376 e. The molecule has 0 saturated carbocycles. The van der Waals surface area contributed by atoms with Crippen molar-refractivity contribution in [3.8, 4) is 0 Å². The molecule has 1 heterocycles. The zero-order valence-electron chi connectivity index (χ0n) is 9.76.